The van der Waals surface area contributed by atoms with Gasteiger partial charge in [-0.2, -0.15) is 0 Å². The fraction of sp³-hybridized carbons (Fsp3) is 0.786. The maximum absolute atomic E-state index is 4.51. The largest absolute Gasteiger partial charge is 0.308 e. The summed E-state index contributed by atoms with van der Waals surface area (Å²) in [4.78, 5) is 8.43. The van der Waals surface area contributed by atoms with E-state index in [1.54, 1.807) is 0 Å². The maximum Gasteiger partial charge on any atom is 0.107 e. The van der Waals surface area contributed by atoms with Gasteiger partial charge in [0, 0.05) is 35.7 Å². The Morgan fingerprint density at radius 2 is 2.33 bits per heavy atom. The SMILES string of the molecule is Cc1cnc(CN2CC(C)(C3CC3)NCC2C)s1. The minimum Gasteiger partial charge on any atom is -0.308 e. The van der Waals surface area contributed by atoms with Gasteiger partial charge in [-0.3, -0.25) is 4.90 Å². The summed E-state index contributed by atoms with van der Waals surface area (Å²) in [5, 5.41) is 5.03. The third-order valence-electron chi connectivity index (χ3n) is 4.44. The van der Waals surface area contributed by atoms with Crippen molar-refractivity contribution in [2.75, 3.05) is 13.1 Å². The lowest BCUT2D eigenvalue weighted by Gasteiger charge is -2.45. The van der Waals surface area contributed by atoms with Crippen molar-refractivity contribution >= 4 is 11.3 Å². The molecule has 1 aromatic rings. The molecule has 3 rings (SSSR count). The van der Waals surface area contributed by atoms with Crippen molar-refractivity contribution in [3.05, 3.63) is 16.1 Å². The van der Waals surface area contributed by atoms with Crippen molar-refractivity contribution in [2.45, 2.75) is 51.7 Å². The van der Waals surface area contributed by atoms with Crippen LogP contribution in [0, 0.1) is 12.8 Å². The summed E-state index contributed by atoms with van der Waals surface area (Å²) in [7, 11) is 0. The van der Waals surface area contributed by atoms with Crippen LogP contribution >= 0.6 is 11.3 Å². The highest BCUT2D eigenvalue weighted by Gasteiger charge is 2.45. The molecule has 4 heteroatoms. The van der Waals surface area contributed by atoms with Crippen LogP contribution in [0.3, 0.4) is 0 Å². The lowest BCUT2D eigenvalue weighted by Crippen LogP contribution is -2.62. The average Bonchev–Trinajstić information content (AvgIpc) is 3.10. The number of thiazole rings is 1. The van der Waals surface area contributed by atoms with Crippen molar-refractivity contribution in [1.82, 2.24) is 15.2 Å². The van der Waals surface area contributed by atoms with E-state index in [2.05, 4.69) is 36.0 Å². The molecule has 0 aromatic carbocycles. The van der Waals surface area contributed by atoms with Gasteiger partial charge in [0.15, 0.2) is 0 Å². The molecule has 1 aliphatic heterocycles. The van der Waals surface area contributed by atoms with E-state index in [4.69, 9.17) is 0 Å². The van der Waals surface area contributed by atoms with E-state index in [0.29, 0.717) is 11.6 Å². The lowest BCUT2D eigenvalue weighted by molar-refractivity contribution is 0.0770. The summed E-state index contributed by atoms with van der Waals surface area (Å²) < 4.78 is 0. The summed E-state index contributed by atoms with van der Waals surface area (Å²) in [6.07, 6.45) is 4.80. The van der Waals surface area contributed by atoms with Gasteiger partial charge in [0.25, 0.3) is 0 Å². The van der Waals surface area contributed by atoms with E-state index in [9.17, 15) is 0 Å². The Kier molecular flexibility index (Phi) is 3.20. The number of piperazine rings is 1. The minimum atomic E-state index is 0.332. The van der Waals surface area contributed by atoms with Crippen molar-refractivity contribution in [2.24, 2.45) is 5.92 Å². The number of aromatic nitrogens is 1. The molecule has 1 aliphatic carbocycles. The van der Waals surface area contributed by atoms with Crippen LogP contribution in [0.15, 0.2) is 6.20 Å². The number of hydrogen-bond donors (Lipinski definition) is 1. The minimum absolute atomic E-state index is 0.332. The smallest absolute Gasteiger partial charge is 0.107 e. The Morgan fingerprint density at radius 3 is 2.94 bits per heavy atom. The molecule has 2 heterocycles. The molecule has 1 saturated heterocycles. The molecule has 100 valence electrons. The first kappa shape index (κ1) is 12.6. The molecule has 2 atom stereocenters. The second-order valence-corrected chi connectivity index (χ2v) is 7.51. The van der Waals surface area contributed by atoms with E-state index in [1.807, 2.05) is 17.5 Å². The molecule has 3 nitrogen and oxygen atoms in total. The second-order valence-electron chi connectivity index (χ2n) is 6.19. The summed E-state index contributed by atoms with van der Waals surface area (Å²) in [6, 6.07) is 0.612. The zero-order valence-corrected chi connectivity index (χ0v) is 12.4. The van der Waals surface area contributed by atoms with Crippen LogP contribution in [0.5, 0.6) is 0 Å². The van der Waals surface area contributed by atoms with Gasteiger partial charge >= 0.3 is 0 Å². The third kappa shape index (κ3) is 2.46. The predicted octanol–water partition coefficient (Wildman–Crippen LogP) is 2.41. The highest BCUT2D eigenvalue weighted by molar-refractivity contribution is 7.11. The summed E-state index contributed by atoms with van der Waals surface area (Å²) in [5.41, 5.74) is 0.332. The molecule has 0 amide bonds. The van der Waals surface area contributed by atoms with Crippen LogP contribution in [0.25, 0.3) is 0 Å². The first-order valence-corrected chi connectivity index (χ1v) is 7.79. The molecule has 2 unspecified atom stereocenters. The fourth-order valence-corrected chi connectivity index (χ4v) is 3.81. The fourth-order valence-electron chi connectivity index (χ4n) is 3.00. The monoisotopic (exact) mass is 265 g/mol. The topological polar surface area (TPSA) is 28.2 Å². The maximum atomic E-state index is 4.51. The summed E-state index contributed by atoms with van der Waals surface area (Å²) in [6.45, 7) is 10.1. The number of hydrogen-bond acceptors (Lipinski definition) is 4. The standard InChI is InChI=1S/C14H23N3S/c1-10-6-16-14(3,12-4-5-12)9-17(10)8-13-15-7-11(2)18-13/h7,10,12,16H,4-6,8-9H2,1-3H3. The summed E-state index contributed by atoms with van der Waals surface area (Å²) >= 11 is 1.83. The Labute approximate surface area is 114 Å². The highest BCUT2D eigenvalue weighted by atomic mass is 32.1. The second kappa shape index (κ2) is 4.58. The predicted molar refractivity (Wildman–Crippen MR) is 75.9 cm³/mol. The Hall–Kier alpha value is -0.450. The van der Waals surface area contributed by atoms with Crippen LogP contribution in [0.2, 0.25) is 0 Å². The lowest BCUT2D eigenvalue weighted by atomic mass is 9.91. The third-order valence-corrected chi connectivity index (χ3v) is 5.34. The molecule has 0 spiro atoms. The Balaban J connectivity index is 1.69. The van der Waals surface area contributed by atoms with Gasteiger partial charge in [-0.05, 0) is 39.5 Å². The van der Waals surface area contributed by atoms with Gasteiger partial charge in [-0.1, -0.05) is 0 Å². The Morgan fingerprint density at radius 1 is 1.56 bits per heavy atom. The van der Waals surface area contributed by atoms with Gasteiger partial charge in [0.05, 0.1) is 6.54 Å². The van der Waals surface area contributed by atoms with E-state index in [1.165, 1.54) is 22.7 Å². The van der Waals surface area contributed by atoms with Crippen LogP contribution in [-0.4, -0.2) is 34.6 Å². The quantitative estimate of drug-likeness (QED) is 0.909. The molecule has 2 fully saturated rings. The molecule has 1 aromatic heterocycles. The average molecular weight is 265 g/mol. The highest BCUT2D eigenvalue weighted by Crippen LogP contribution is 2.41. The van der Waals surface area contributed by atoms with E-state index >= 15 is 0 Å². The number of nitrogens with zero attached hydrogens (tertiary/aromatic N) is 2. The van der Waals surface area contributed by atoms with Gasteiger partial charge in [0.1, 0.15) is 5.01 Å². The van der Waals surface area contributed by atoms with Crippen molar-refractivity contribution < 1.29 is 0 Å². The zero-order chi connectivity index (χ0) is 12.8. The van der Waals surface area contributed by atoms with E-state index < -0.39 is 0 Å². The molecule has 0 bridgehead atoms. The molecule has 2 aliphatic rings. The van der Waals surface area contributed by atoms with Crippen LogP contribution in [0.4, 0.5) is 0 Å². The Bertz CT molecular complexity index is 426. The van der Waals surface area contributed by atoms with E-state index in [-0.39, 0.29) is 0 Å². The molecular formula is C14H23N3S. The molecule has 18 heavy (non-hydrogen) atoms. The number of rotatable bonds is 3. The normalized spacial score (nSPS) is 33.8. The van der Waals surface area contributed by atoms with Crippen molar-refractivity contribution in [1.29, 1.82) is 0 Å². The van der Waals surface area contributed by atoms with Gasteiger partial charge in [-0.25, -0.2) is 4.98 Å². The van der Waals surface area contributed by atoms with Crippen LogP contribution in [0.1, 0.15) is 36.6 Å². The molecular weight excluding hydrogens is 242 g/mol. The van der Waals surface area contributed by atoms with E-state index in [0.717, 1.165) is 25.6 Å². The van der Waals surface area contributed by atoms with Crippen molar-refractivity contribution in [3.63, 3.8) is 0 Å². The molecule has 0 radical (unpaired) electrons. The van der Waals surface area contributed by atoms with Gasteiger partial charge < -0.3 is 5.32 Å². The first-order chi connectivity index (χ1) is 8.57. The number of aryl methyl sites for hydroxylation is 1. The summed E-state index contributed by atoms with van der Waals surface area (Å²) in [5.74, 6) is 0.894. The van der Waals surface area contributed by atoms with Crippen LogP contribution < -0.4 is 5.32 Å². The number of nitrogens with one attached hydrogen (secondary N) is 1. The molecule has 1 N–H and O–H groups in total. The van der Waals surface area contributed by atoms with Crippen molar-refractivity contribution in [3.8, 4) is 0 Å². The first-order valence-electron chi connectivity index (χ1n) is 6.97. The van der Waals surface area contributed by atoms with Gasteiger partial charge in [-0.15, -0.1) is 11.3 Å². The zero-order valence-electron chi connectivity index (χ0n) is 11.6. The molecule has 1 saturated carbocycles. The van der Waals surface area contributed by atoms with Crippen LogP contribution in [-0.2, 0) is 6.54 Å². The van der Waals surface area contributed by atoms with Gasteiger partial charge in [0.2, 0.25) is 0 Å².